The Bertz CT molecular complexity index is 908. The molecule has 142 valence electrons. The maximum atomic E-state index is 14.1. The van der Waals surface area contributed by atoms with Crippen molar-refractivity contribution in [1.82, 2.24) is 4.90 Å². The van der Waals surface area contributed by atoms with Crippen LogP contribution < -0.4 is 0 Å². The summed E-state index contributed by atoms with van der Waals surface area (Å²) in [6, 6.07) is 14.3. The van der Waals surface area contributed by atoms with E-state index in [0.717, 1.165) is 32.0 Å². The van der Waals surface area contributed by atoms with Crippen LogP contribution in [-0.2, 0) is 13.0 Å². The molecule has 0 aliphatic carbocycles. The molecule has 1 atom stereocenters. The SMILES string of the molecule is OC[C@]1(Cc2ccc(F)cc2F)CCCN(Cc2cc3ccccc3s2)C1. The van der Waals surface area contributed by atoms with Crippen LogP contribution in [0.2, 0.25) is 0 Å². The van der Waals surface area contributed by atoms with E-state index in [4.69, 9.17) is 0 Å². The van der Waals surface area contributed by atoms with Gasteiger partial charge in [-0.1, -0.05) is 24.3 Å². The highest BCUT2D eigenvalue weighted by molar-refractivity contribution is 7.19. The van der Waals surface area contributed by atoms with Gasteiger partial charge in [0, 0.05) is 34.1 Å². The van der Waals surface area contributed by atoms with Crippen molar-refractivity contribution in [1.29, 1.82) is 0 Å². The summed E-state index contributed by atoms with van der Waals surface area (Å²) < 4.78 is 28.6. The second-order valence-electron chi connectivity index (χ2n) is 7.64. The minimum Gasteiger partial charge on any atom is -0.396 e. The van der Waals surface area contributed by atoms with Gasteiger partial charge in [-0.05, 0) is 55.0 Å². The van der Waals surface area contributed by atoms with Gasteiger partial charge in [0.2, 0.25) is 0 Å². The highest BCUT2D eigenvalue weighted by Gasteiger charge is 2.36. The van der Waals surface area contributed by atoms with Crippen LogP contribution in [0.25, 0.3) is 10.1 Å². The van der Waals surface area contributed by atoms with Crippen LogP contribution in [0.1, 0.15) is 23.3 Å². The number of hydrogen-bond acceptors (Lipinski definition) is 3. The lowest BCUT2D eigenvalue weighted by Crippen LogP contribution is -2.46. The molecular formula is C22H23F2NOS. The Kier molecular flexibility index (Phi) is 5.26. The van der Waals surface area contributed by atoms with Crippen molar-refractivity contribution in [2.45, 2.75) is 25.8 Å². The Hall–Kier alpha value is -1.82. The third-order valence-corrected chi connectivity index (χ3v) is 6.61. The van der Waals surface area contributed by atoms with Crippen LogP contribution in [0.3, 0.4) is 0 Å². The number of halogens is 2. The smallest absolute Gasteiger partial charge is 0.129 e. The summed E-state index contributed by atoms with van der Waals surface area (Å²) in [6.07, 6.45) is 2.25. The Labute approximate surface area is 162 Å². The number of aliphatic hydroxyl groups is 1. The summed E-state index contributed by atoms with van der Waals surface area (Å²) in [5.74, 6) is -1.09. The van der Waals surface area contributed by atoms with Crippen molar-refractivity contribution in [2.24, 2.45) is 5.41 Å². The highest BCUT2D eigenvalue weighted by Crippen LogP contribution is 2.36. The van der Waals surface area contributed by atoms with Gasteiger partial charge in [-0.15, -0.1) is 11.3 Å². The van der Waals surface area contributed by atoms with Gasteiger partial charge in [0.05, 0.1) is 6.61 Å². The van der Waals surface area contributed by atoms with E-state index in [2.05, 4.69) is 29.2 Å². The highest BCUT2D eigenvalue weighted by atomic mass is 32.1. The standard InChI is InChI=1S/C22H23F2NOS/c23-18-7-6-17(20(24)11-18)12-22(15-26)8-3-9-25(14-22)13-19-10-16-4-1-2-5-21(16)27-19/h1-2,4-7,10-11,26H,3,8-9,12-15H2/t22-/m0/s1. The van der Waals surface area contributed by atoms with Gasteiger partial charge in [-0.3, -0.25) is 4.90 Å². The van der Waals surface area contributed by atoms with E-state index in [1.807, 2.05) is 6.07 Å². The van der Waals surface area contributed by atoms with E-state index >= 15 is 0 Å². The van der Waals surface area contributed by atoms with Gasteiger partial charge in [-0.2, -0.15) is 0 Å². The molecule has 5 heteroatoms. The average Bonchev–Trinajstić information content (AvgIpc) is 3.06. The number of nitrogens with zero attached hydrogens (tertiary/aromatic N) is 1. The molecule has 4 rings (SSSR count). The Balaban J connectivity index is 1.50. The number of likely N-dealkylation sites (tertiary alicyclic amines) is 1. The molecule has 3 aromatic rings. The zero-order valence-electron chi connectivity index (χ0n) is 15.1. The third-order valence-electron chi connectivity index (χ3n) is 5.51. The summed E-state index contributed by atoms with van der Waals surface area (Å²) >= 11 is 1.80. The molecule has 1 aliphatic rings. The van der Waals surface area contributed by atoms with E-state index in [-0.39, 0.29) is 12.0 Å². The number of piperidine rings is 1. The fourth-order valence-corrected chi connectivity index (χ4v) is 5.29. The molecule has 1 N–H and O–H groups in total. The number of rotatable bonds is 5. The largest absolute Gasteiger partial charge is 0.396 e. The zero-order valence-corrected chi connectivity index (χ0v) is 15.9. The molecule has 27 heavy (non-hydrogen) atoms. The minimum atomic E-state index is -0.565. The van der Waals surface area contributed by atoms with Crippen LogP contribution in [0, 0.1) is 17.0 Å². The minimum absolute atomic E-state index is 0.00668. The molecule has 2 nitrogen and oxygen atoms in total. The lowest BCUT2D eigenvalue weighted by molar-refractivity contribution is 0.0287. The van der Waals surface area contributed by atoms with Gasteiger partial charge < -0.3 is 5.11 Å². The molecule has 0 radical (unpaired) electrons. The van der Waals surface area contributed by atoms with Crippen molar-refractivity contribution < 1.29 is 13.9 Å². The lowest BCUT2D eigenvalue weighted by Gasteiger charge is -2.42. The molecule has 2 aromatic carbocycles. The monoisotopic (exact) mass is 387 g/mol. The maximum absolute atomic E-state index is 14.1. The molecule has 1 fully saturated rings. The topological polar surface area (TPSA) is 23.5 Å². The Morgan fingerprint density at radius 2 is 1.96 bits per heavy atom. The number of fused-ring (bicyclic) bond motifs is 1. The lowest BCUT2D eigenvalue weighted by atomic mass is 9.75. The molecule has 0 saturated carbocycles. The molecule has 1 aliphatic heterocycles. The van der Waals surface area contributed by atoms with Gasteiger partial charge in [0.15, 0.2) is 0 Å². The summed E-state index contributed by atoms with van der Waals surface area (Å²) in [5.41, 5.74) is 0.0994. The first-order valence-electron chi connectivity index (χ1n) is 9.32. The van der Waals surface area contributed by atoms with Crippen molar-refractivity contribution in [2.75, 3.05) is 19.7 Å². The second kappa shape index (κ2) is 7.66. The quantitative estimate of drug-likeness (QED) is 0.666. The van der Waals surface area contributed by atoms with Crippen molar-refractivity contribution in [3.63, 3.8) is 0 Å². The van der Waals surface area contributed by atoms with Crippen molar-refractivity contribution in [3.8, 4) is 0 Å². The summed E-state index contributed by atoms with van der Waals surface area (Å²) in [5, 5.41) is 11.4. The molecule has 0 unspecified atom stereocenters. The van der Waals surface area contributed by atoms with Crippen molar-refractivity contribution >= 4 is 21.4 Å². The van der Waals surface area contributed by atoms with Crippen LogP contribution >= 0.6 is 11.3 Å². The normalized spacial score (nSPS) is 21.0. The van der Waals surface area contributed by atoms with E-state index in [0.29, 0.717) is 18.5 Å². The Morgan fingerprint density at radius 1 is 1.11 bits per heavy atom. The fourth-order valence-electron chi connectivity index (χ4n) is 4.18. The number of thiophene rings is 1. The van der Waals surface area contributed by atoms with Gasteiger partial charge in [-0.25, -0.2) is 8.78 Å². The predicted octanol–water partition coefficient (Wildman–Crippen LogP) is 5.00. The van der Waals surface area contributed by atoms with E-state index in [9.17, 15) is 13.9 Å². The van der Waals surface area contributed by atoms with E-state index < -0.39 is 11.6 Å². The van der Waals surface area contributed by atoms with Crippen LogP contribution in [0.15, 0.2) is 48.5 Å². The van der Waals surface area contributed by atoms with E-state index in [1.165, 1.54) is 27.1 Å². The van der Waals surface area contributed by atoms with Crippen LogP contribution in [0.4, 0.5) is 8.78 Å². The molecule has 1 saturated heterocycles. The van der Waals surface area contributed by atoms with Gasteiger partial charge >= 0.3 is 0 Å². The maximum Gasteiger partial charge on any atom is 0.129 e. The van der Waals surface area contributed by atoms with Crippen molar-refractivity contribution in [3.05, 3.63) is 70.6 Å². The number of benzene rings is 2. The summed E-state index contributed by atoms with van der Waals surface area (Å²) in [6.45, 7) is 2.54. The number of hydrogen-bond donors (Lipinski definition) is 1. The second-order valence-corrected chi connectivity index (χ2v) is 8.80. The van der Waals surface area contributed by atoms with E-state index in [1.54, 1.807) is 11.3 Å². The first-order valence-corrected chi connectivity index (χ1v) is 10.1. The van der Waals surface area contributed by atoms with Gasteiger partial charge in [0.25, 0.3) is 0 Å². The molecule has 0 amide bonds. The molecule has 0 bridgehead atoms. The molecule has 2 heterocycles. The third kappa shape index (κ3) is 4.05. The van der Waals surface area contributed by atoms with Crippen LogP contribution in [0.5, 0.6) is 0 Å². The Morgan fingerprint density at radius 3 is 2.74 bits per heavy atom. The number of aliphatic hydroxyl groups excluding tert-OH is 1. The molecular weight excluding hydrogens is 364 g/mol. The molecule has 0 spiro atoms. The fraction of sp³-hybridized carbons (Fsp3) is 0.364. The summed E-state index contributed by atoms with van der Waals surface area (Å²) in [4.78, 5) is 3.66. The first-order chi connectivity index (χ1) is 13.1. The first kappa shape index (κ1) is 18.5. The van der Waals surface area contributed by atoms with Crippen LogP contribution in [-0.4, -0.2) is 29.7 Å². The molecule has 1 aromatic heterocycles. The van der Waals surface area contributed by atoms with Gasteiger partial charge in [0.1, 0.15) is 11.6 Å². The summed E-state index contributed by atoms with van der Waals surface area (Å²) in [7, 11) is 0. The zero-order chi connectivity index (χ0) is 18.9. The average molecular weight is 387 g/mol. The predicted molar refractivity (Wildman–Crippen MR) is 106 cm³/mol.